The molecule has 0 radical (unpaired) electrons. The number of halogens is 1. The maximum absolute atomic E-state index is 10.1. The van der Waals surface area contributed by atoms with Crippen LogP contribution in [0.3, 0.4) is 0 Å². The lowest BCUT2D eigenvalue weighted by atomic mass is 10.1. The third kappa shape index (κ3) is 3.92. The van der Waals surface area contributed by atoms with Crippen molar-refractivity contribution in [2.24, 2.45) is 0 Å². The minimum Gasteiger partial charge on any atom is -0.495 e. The number of benzene rings is 1. The van der Waals surface area contributed by atoms with E-state index in [2.05, 4.69) is 0 Å². The standard InChI is InChI=1S/C12H15ClO2/c1-15-12-7-6-10(9-11(12)13)5-3-2-4-8-14/h6-9H,2-5H2,1H3. The Balaban J connectivity index is 2.48. The van der Waals surface area contributed by atoms with Crippen LogP contribution < -0.4 is 4.74 Å². The molecule has 0 aromatic heterocycles. The van der Waals surface area contributed by atoms with Gasteiger partial charge < -0.3 is 9.53 Å². The first-order valence-electron chi connectivity index (χ1n) is 5.04. The first-order chi connectivity index (χ1) is 7.27. The minimum absolute atomic E-state index is 0.643. The molecule has 0 unspecified atom stereocenters. The van der Waals surface area contributed by atoms with Crippen LogP contribution in [-0.4, -0.2) is 13.4 Å². The maximum atomic E-state index is 10.1. The van der Waals surface area contributed by atoms with E-state index < -0.39 is 0 Å². The van der Waals surface area contributed by atoms with Crippen molar-refractivity contribution in [2.75, 3.05) is 7.11 Å². The second kappa shape index (κ2) is 6.46. The Kier molecular flexibility index (Phi) is 5.19. The highest BCUT2D eigenvalue weighted by Gasteiger charge is 2.01. The fourth-order valence-corrected chi connectivity index (χ4v) is 1.70. The number of rotatable bonds is 6. The molecular formula is C12H15ClO2. The van der Waals surface area contributed by atoms with Crippen LogP contribution in [0.1, 0.15) is 24.8 Å². The summed E-state index contributed by atoms with van der Waals surface area (Å²) in [5.41, 5.74) is 1.19. The van der Waals surface area contributed by atoms with Gasteiger partial charge in [-0.25, -0.2) is 0 Å². The van der Waals surface area contributed by atoms with Gasteiger partial charge in [0.2, 0.25) is 0 Å². The molecule has 0 aliphatic carbocycles. The zero-order chi connectivity index (χ0) is 11.1. The summed E-state index contributed by atoms with van der Waals surface area (Å²) in [6.07, 6.45) is 4.51. The molecule has 1 rings (SSSR count). The molecule has 3 heteroatoms. The van der Waals surface area contributed by atoms with E-state index in [0.717, 1.165) is 25.5 Å². The predicted molar refractivity (Wildman–Crippen MR) is 61.6 cm³/mol. The number of ether oxygens (including phenoxy) is 1. The Morgan fingerprint density at radius 2 is 2.20 bits per heavy atom. The zero-order valence-corrected chi connectivity index (χ0v) is 9.59. The van der Waals surface area contributed by atoms with Gasteiger partial charge in [0, 0.05) is 6.42 Å². The molecule has 0 amide bonds. The highest BCUT2D eigenvalue weighted by atomic mass is 35.5. The Labute approximate surface area is 95.2 Å². The fraction of sp³-hybridized carbons (Fsp3) is 0.417. The Hall–Kier alpha value is -1.02. The molecule has 2 nitrogen and oxygen atoms in total. The van der Waals surface area contributed by atoms with E-state index in [1.807, 2.05) is 18.2 Å². The van der Waals surface area contributed by atoms with Crippen molar-refractivity contribution in [3.05, 3.63) is 28.8 Å². The van der Waals surface area contributed by atoms with Crippen LogP contribution in [0.5, 0.6) is 5.75 Å². The lowest BCUT2D eigenvalue weighted by molar-refractivity contribution is -0.107. The van der Waals surface area contributed by atoms with Gasteiger partial charge in [0.15, 0.2) is 0 Å². The summed E-state index contributed by atoms with van der Waals surface area (Å²) in [4.78, 5) is 10.1. The largest absolute Gasteiger partial charge is 0.495 e. The van der Waals surface area contributed by atoms with E-state index in [1.165, 1.54) is 5.56 Å². The van der Waals surface area contributed by atoms with E-state index >= 15 is 0 Å². The highest BCUT2D eigenvalue weighted by molar-refractivity contribution is 6.32. The average Bonchev–Trinajstić information content (AvgIpc) is 2.25. The smallest absolute Gasteiger partial charge is 0.137 e. The Morgan fingerprint density at radius 1 is 1.40 bits per heavy atom. The molecule has 0 spiro atoms. The quantitative estimate of drug-likeness (QED) is 0.550. The monoisotopic (exact) mass is 226 g/mol. The van der Waals surface area contributed by atoms with Gasteiger partial charge in [-0.1, -0.05) is 17.7 Å². The summed E-state index contributed by atoms with van der Waals surface area (Å²) < 4.78 is 5.06. The molecule has 0 aliphatic heterocycles. The van der Waals surface area contributed by atoms with E-state index in [1.54, 1.807) is 7.11 Å². The summed E-state index contributed by atoms with van der Waals surface area (Å²) in [7, 11) is 1.60. The molecule has 0 bridgehead atoms. The first kappa shape index (κ1) is 12.1. The molecule has 1 aromatic rings. The summed E-state index contributed by atoms with van der Waals surface area (Å²) in [5, 5.41) is 0.644. The predicted octanol–water partition coefficient (Wildman–Crippen LogP) is 3.26. The molecule has 82 valence electrons. The van der Waals surface area contributed by atoms with Crippen LogP contribution in [0.15, 0.2) is 18.2 Å². The number of carbonyl (C=O) groups is 1. The van der Waals surface area contributed by atoms with Crippen LogP contribution >= 0.6 is 11.6 Å². The molecule has 0 atom stereocenters. The maximum Gasteiger partial charge on any atom is 0.137 e. The summed E-state index contributed by atoms with van der Waals surface area (Å²) >= 11 is 5.99. The van der Waals surface area contributed by atoms with Crippen molar-refractivity contribution in [3.63, 3.8) is 0 Å². The number of aldehydes is 1. The summed E-state index contributed by atoms with van der Waals surface area (Å²) in [6, 6.07) is 5.80. The van der Waals surface area contributed by atoms with Crippen LogP contribution in [0.25, 0.3) is 0 Å². The number of hydrogen-bond donors (Lipinski definition) is 0. The van der Waals surface area contributed by atoms with Gasteiger partial charge in [0.05, 0.1) is 12.1 Å². The Morgan fingerprint density at radius 3 is 2.80 bits per heavy atom. The second-order valence-corrected chi connectivity index (χ2v) is 3.79. The van der Waals surface area contributed by atoms with Crippen molar-refractivity contribution in [2.45, 2.75) is 25.7 Å². The lowest BCUT2D eigenvalue weighted by Crippen LogP contribution is -1.89. The van der Waals surface area contributed by atoms with Gasteiger partial charge in [-0.05, 0) is 37.0 Å². The van der Waals surface area contributed by atoms with Crippen molar-refractivity contribution < 1.29 is 9.53 Å². The normalized spacial score (nSPS) is 10.0. The number of aryl methyl sites for hydroxylation is 1. The molecule has 0 N–H and O–H groups in total. The summed E-state index contributed by atoms with van der Waals surface area (Å²) in [6.45, 7) is 0. The molecule has 0 aliphatic rings. The van der Waals surface area contributed by atoms with Crippen molar-refractivity contribution in [1.29, 1.82) is 0 Å². The molecule has 15 heavy (non-hydrogen) atoms. The molecule has 0 heterocycles. The second-order valence-electron chi connectivity index (χ2n) is 3.38. The van der Waals surface area contributed by atoms with Gasteiger partial charge in [-0.2, -0.15) is 0 Å². The summed E-state index contributed by atoms with van der Waals surface area (Å²) in [5.74, 6) is 0.702. The molecule has 0 saturated carbocycles. The van der Waals surface area contributed by atoms with E-state index in [0.29, 0.717) is 17.2 Å². The van der Waals surface area contributed by atoms with Crippen LogP contribution in [0, 0.1) is 0 Å². The van der Waals surface area contributed by atoms with Gasteiger partial charge in [-0.3, -0.25) is 0 Å². The average molecular weight is 227 g/mol. The first-order valence-corrected chi connectivity index (χ1v) is 5.41. The SMILES string of the molecule is COc1ccc(CCCCC=O)cc1Cl. The van der Waals surface area contributed by atoms with Gasteiger partial charge in [0.25, 0.3) is 0 Å². The highest BCUT2D eigenvalue weighted by Crippen LogP contribution is 2.25. The van der Waals surface area contributed by atoms with E-state index in [-0.39, 0.29) is 0 Å². The van der Waals surface area contributed by atoms with Crippen LogP contribution in [0.4, 0.5) is 0 Å². The van der Waals surface area contributed by atoms with Gasteiger partial charge >= 0.3 is 0 Å². The van der Waals surface area contributed by atoms with Crippen LogP contribution in [-0.2, 0) is 11.2 Å². The van der Waals surface area contributed by atoms with Crippen molar-refractivity contribution in [1.82, 2.24) is 0 Å². The molecule has 1 aromatic carbocycles. The van der Waals surface area contributed by atoms with E-state index in [4.69, 9.17) is 16.3 Å². The molecular weight excluding hydrogens is 212 g/mol. The Bertz CT molecular complexity index is 323. The number of methoxy groups -OCH3 is 1. The van der Waals surface area contributed by atoms with Gasteiger partial charge in [0.1, 0.15) is 12.0 Å². The third-order valence-electron chi connectivity index (χ3n) is 2.25. The van der Waals surface area contributed by atoms with Crippen LogP contribution in [0.2, 0.25) is 5.02 Å². The number of unbranched alkanes of at least 4 members (excludes halogenated alkanes) is 2. The number of carbonyl (C=O) groups excluding carboxylic acids is 1. The fourth-order valence-electron chi connectivity index (χ4n) is 1.42. The van der Waals surface area contributed by atoms with Crippen molar-refractivity contribution in [3.8, 4) is 5.75 Å². The lowest BCUT2D eigenvalue weighted by Gasteiger charge is -2.05. The molecule has 0 fully saturated rings. The minimum atomic E-state index is 0.643. The van der Waals surface area contributed by atoms with Gasteiger partial charge in [-0.15, -0.1) is 0 Å². The molecule has 0 saturated heterocycles. The zero-order valence-electron chi connectivity index (χ0n) is 8.83. The van der Waals surface area contributed by atoms with E-state index in [9.17, 15) is 4.79 Å². The third-order valence-corrected chi connectivity index (χ3v) is 2.55. The van der Waals surface area contributed by atoms with Crippen molar-refractivity contribution >= 4 is 17.9 Å². The number of hydrogen-bond acceptors (Lipinski definition) is 2. The topological polar surface area (TPSA) is 26.3 Å².